The van der Waals surface area contributed by atoms with Crippen molar-refractivity contribution in [1.29, 1.82) is 0 Å². The van der Waals surface area contributed by atoms with Crippen LogP contribution in [-0.2, 0) is 11.3 Å². The summed E-state index contributed by atoms with van der Waals surface area (Å²) in [7, 11) is 1.62. The summed E-state index contributed by atoms with van der Waals surface area (Å²) in [6.07, 6.45) is -0.128. The third-order valence-corrected chi connectivity index (χ3v) is 6.29. The molecule has 0 bridgehead atoms. The van der Waals surface area contributed by atoms with Gasteiger partial charge < -0.3 is 15.2 Å². The van der Waals surface area contributed by atoms with E-state index in [1.54, 1.807) is 31.4 Å². The first-order valence-electron chi connectivity index (χ1n) is 11.1. The standard InChI is InChI=1S/C27H23Cl2N3O4/c1-36-21-9-6-18(7-10-21)24-15-25(20-8-11-22(28)23(29)14-20)32(31-24)16-17-2-4-19(5-3-17)27(35)30-13-12-26(33)34/h2-11,14-15H,12-13,16H2,1H3,(H,30,35)(H,33,34). The van der Waals surface area contributed by atoms with Crippen LogP contribution in [-0.4, -0.2) is 40.4 Å². The number of carboxylic acids is 1. The summed E-state index contributed by atoms with van der Waals surface area (Å²) in [5.41, 5.74) is 4.83. The molecule has 0 radical (unpaired) electrons. The van der Waals surface area contributed by atoms with Gasteiger partial charge in [-0.05, 0) is 60.2 Å². The summed E-state index contributed by atoms with van der Waals surface area (Å²) in [6.45, 7) is 0.525. The quantitative estimate of drug-likeness (QED) is 0.289. The number of carbonyl (C=O) groups is 2. The number of carbonyl (C=O) groups excluding carboxylic acids is 1. The molecule has 0 saturated carbocycles. The molecule has 0 aliphatic heterocycles. The molecule has 0 spiro atoms. The van der Waals surface area contributed by atoms with Crippen molar-refractivity contribution in [3.63, 3.8) is 0 Å². The zero-order valence-corrected chi connectivity index (χ0v) is 20.9. The Balaban J connectivity index is 1.61. The Morgan fingerprint density at radius 2 is 1.64 bits per heavy atom. The molecule has 0 unspecified atom stereocenters. The molecule has 0 aliphatic rings. The Kier molecular flexibility index (Phi) is 7.93. The van der Waals surface area contributed by atoms with Gasteiger partial charge in [0.25, 0.3) is 5.91 Å². The topological polar surface area (TPSA) is 93.5 Å². The van der Waals surface area contributed by atoms with Gasteiger partial charge >= 0.3 is 5.97 Å². The molecule has 2 N–H and O–H groups in total. The average Bonchev–Trinajstić information content (AvgIpc) is 3.29. The number of ether oxygens (including phenoxy) is 1. The fourth-order valence-corrected chi connectivity index (χ4v) is 3.95. The van der Waals surface area contributed by atoms with Crippen LogP contribution in [0.2, 0.25) is 10.0 Å². The molecule has 4 rings (SSSR count). The third-order valence-electron chi connectivity index (χ3n) is 5.55. The summed E-state index contributed by atoms with van der Waals surface area (Å²) in [4.78, 5) is 22.9. The molecule has 36 heavy (non-hydrogen) atoms. The van der Waals surface area contributed by atoms with E-state index in [1.807, 2.05) is 53.2 Å². The van der Waals surface area contributed by atoms with Crippen molar-refractivity contribution in [3.8, 4) is 28.3 Å². The lowest BCUT2D eigenvalue weighted by Crippen LogP contribution is -2.25. The smallest absolute Gasteiger partial charge is 0.305 e. The Morgan fingerprint density at radius 3 is 2.28 bits per heavy atom. The van der Waals surface area contributed by atoms with Crippen molar-refractivity contribution in [3.05, 3.63) is 94.0 Å². The second kappa shape index (κ2) is 11.3. The van der Waals surface area contributed by atoms with Crippen LogP contribution in [0.1, 0.15) is 22.3 Å². The fourth-order valence-electron chi connectivity index (χ4n) is 3.65. The van der Waals surface area contributed by atoms with Crippen LogP contribution in [0.5, 0.6) is 5.75 Å². The molecule has 7 nitrogen and oxygen atoms in total. The minimum absolute atomic E-state index is 0.0738. The van der Waals surface area contributed by atoms with E-state index in [1.165, 1.54) is 0 Å². The largest absolute Gasteiger partial charge is 0.497 e. The first kappa shape index (κ1) is 25.3. The van der Waals surface area contributed by atoms with Gasteiger partial charge in [0.2, 0.25) is 0 Å². The lowest BCUT2D eigenvalue weighted by molar-refractivity contribution is -0.136. The van der Waals surface area contributed by atoms with Gasteiger partial charge in [0, 0.05) is 23.2 Å². The van der Waals surface area contributed by atoms with E-state index in [4.69, 9.17) is 38.1 Å². The zero-order valence-electron chi connectivity index (χ0n) is 19.4. The highest BCUT2D eigenvalue weighted by atomic mass is 35.5. The lowest BCUT2D eigenvalue weighted by atomic mass is 10.1. The van der Waals surface area contributed by atoms with Crippen LogP contribution in [0.4, 0.5) is 0 Å². The van der Waals surface area contributed by atoms with Crippen LogP contribution >= 0.6 is 23.2 Å². The molecule has 1 heterocycles. The molecular weight excluding hydrogens is 501 g/mol. The molecule has 3 aromatic carbocycles. The number of rotatable bonds is 9. The van der Waals surface area contributed by atoms with Gasteiger partial charge in [-0.2, -0.15) is 5.10 Å². The normalized spacial score (nSPS) is 10.8. The zero-order chi connectivity index (χ0) is 25.7. The van der Waals surface area contributed by atoms with Gasteiger partial charge in [-0.25, -0.2) is 0 Å². The van der Waals surface area contributed by atoms with Crippen LogP contribution < -0.4 is 10.1 Å². The molecule has 0 aliphatic carbocycles. The van der Waals surface area contributed by atoms with E-state index >= 15 is 0 Å². The summed E-state index contributed by atoms with van der Waals surface area (Å²) in [5.74, 6) is -0.521. The van der Waals surface area contributed by atoms with Crippen LogP contribution in [0.3, 0.4) is 0 Å². The Morgan fingerprint density at radius 1 is 0.944 bits per heavy atom. The van der Waals surface area contributed by atoms with Crippen molar-refractivity contribution in [2.45, 2.75) is 13.0 Å². The first-order valence-corrected chi connectivity index (χ1v) is 11.9. The maximum absolute atomic E-state index is 12.2. The van der Waals surface area contributed by atoms with E-state index < -0.39 is 5.97 Å². The van der Waals surface area contributed by atoms with Crippen molar-refractivity contribution < 1.29 is 19.4 Å². The molecule has 184 valence electrons. The highest BCUT2D eigenvalue weighted by molar-refractivity contribution is 6.42. The highest BCUT2D eigenvalue weighted by Gasteiger charge is 2.14. The van der Waals surface area contributed by atoms with E-state index in [-0.39, 0.29) is 18.9 Å². The summed E-state index contributed by atoms with van der Waals surface area (Å²) >= 11 is 12.4. The predicted octanol–water partition coefficient (Wildman–Crippen LogP) is 5.79. The number of hydrogen-bond acceptors (Lipinski definition) is 4. The Labute approximate surface area is 218 Å². The van der Waals surface area contributed by atoms with Gasteiger partial charge in [-0.1, -0.05) is 41.4 Å². The second-order valence-electron chi connectivity index (χ2n) is 8.03. The minimum atomic E-state index is -0.961. The van der Waals surface area contributed by atoms with E-state index in [0.717, 1.165) is 33.8 Å². The maximum Gasteiger partial charge on any atom is 0.305 e. The SMILES string of the molecule is COc1ccc(-c2cc(-c3ccc(Cl)c(Cl)c3)n(Cc3ccc(C(=O)NCCC(=O)O)cc3)n2)cc1. The molecule has 0 atom stereocenters. The van der Waals surface area contributed by atoms with Crippen LogP contribution in [0.15, 0.2) is 72.8 Å². The van der Waals surface area contributed by atoms with Gasteiger partial charge in [0.05, 0.1) is 41.5 Å². The number of aliphatic carboxylic acids is 1. The molecule has 0 saturated heterocycles. The molecule has 1 amide bonds. The number of hydrogen-bond donors (Lipinski definition) is 2. The average molecular weight is 524 g/mol. The van der Waals surface area contributed by atoms with E-state index in [0.29, 0.717) is 22.2 Å². The summed E-state index contributed by atoms with van der Waals surface area (Å²) in [6, 6.07) is 22.2. The maximum atomic E-state index is 12.2. The number of carboxylic acid groups (broad SMARTS) is 1. The minimum Gasteiger partial charge on any atom is -0.497 e. The molecule has 4 aromatic rings. The second-order valence-corrected chi connectivity index (χ2v) is 8.84. The van der Waals surface area contributed by atoms with Crippen LogP contribution in [0.25, 0.3) is 22.5 Å². The summed E-state index contributed by atoms with van der Waals surface area (Å²) in [5, 5.41) is 17.1. The van der Waals surface area contributed by atoms with Gasteiger partial charge in [0.15, 0.2) is 0 Å². The predicted molar refractivity (Wildman–Crippen MR) is 140 cm³/mol. The van der Waals surface area contributed by atoms with E-state index in [2.05, 4.69) is 5.32 Å². The highest BCUT2D eigenvalue weighted by Crippen LogP contribution is 2.32. The summed E-state index contributed by atoms with van der Waals surface area (Å²) < 4.78 is 7.13. The number of halogens is 2. The van der Waals surface area contributed by atoms with Crippen molar-refractivity contribution >= 4 is 35.1 Å². The Hall–Kier alpha value is -3.81. The number of nitrogens with zero attached hydrogens (tertiary/aromatic N) is 2. The van der Waals surface area contributed by atoms with Gasteiger partial charge in [-0.3, -0.25) is 14.3 Å². The van der Waals surface area contributed by atoms with Crippen molar-refractivity contribution in [2.75, 3.05) is 13.7 Å². The number of benzene rings is 3. The first-order chi connectivity index (χ1) is 17.3. The number of methoxy groups -OCH3 is 1. The van der Waals surface area contributed by atoms with Crippen LogP contribution in [0, 0.1) is 0 Å². The van der Waals surface area contributed by atoms with Crippen molar-refractivity contribution in [2.24, 2.45) is 0 Å². The van der Waals surface area contributed by atoms with E-state index in [9.17, 15) is 9.59 Å². The van der Waals surface area contributed by atoms with Gasteiger partial charge in [-0.15, -0.1) is 0 Å². The number of aromatic nitrogens is 2. The molecule has 0 fully saturated rings. The number of nitrogens with one attached hydrogen (secondary N) is 1. The monoisotopic (exact) mass is 523 g/mol. The Bertz CT molecular complexity index is 1380. The molecule has 1 aromatic heterocycles. The fraction of sp³-hybridized carbons (Fsp3) is 0.148. The number of amides is 1. The lowest BCUT2D eigenvalue weighted by Gasteiger charge is -2.10. The van der Waals surface area contributed by atoms with Gasteiger partial charge in [0.1, 0.15) is 5.75 Å². The third kappa shape index (κ3) is 6.05. The molecule has 9 heteroatoms. The van der Waals surface area contributed by atoms with Crippen molar-refractivity contribution in [1.82, 2.24) is 15.1 Å². The molecular formula is C27H23Cl2N3O4.